The van der Waals surface area contributed by atoms with E-state index in [1.807, 2.05) is 0 Å². The normalized spacial score (nSPS) is 17.3. The van der Waals surface area contributed by atoms with Crippen LogP contribution in [0.4, 0.5) is 13.2 Å². The van der Waals surface area contributed by atoms with Crippen LogP contribution in [-0.2, 0) is 11.0 Å². The van der Waals surface area contributed by atoms with E-state index < -0.39 is 11.7 Å². The van der Waals surface area contributed by atoms with Crippen molar-refractivity contribution in [1.82, 2.24) is 9.88 Å². The number of piperidine rings is 1. The molecule has 0 bridgehead atoms. The fourth-order valence-electron chi connectivity index (χ4n) is 2.90. The van der Waals surface area contributed by atoms with Gasteiger partial charge in [-0.1, -0.05) is 17.7 Å². The number of aromatic nitrogens is 1. The van der Waals surface area contributed by atoms with Crippen molar-refractivity contribution in [3.8, 4) is 11.5 Å². The first-order chi connectivity index (χ1) is 13.3. The number of pyridine rings is 1. The van der Waals surface area contributed by atoms with Gasteiger partial charge in [-0.25, -0.2) is 0 Å². The van der Waals surface area contributed by atoms with Crippen LogP contribution < -0.4 is 9.47 Å². The summed E-state index contributed by atoms with van der Waals surface area (Å²) in [6, 6.07) is 6.11. The van der Waals surface area contributed by atoms with Crippen molar-refractivity contribution in [2.24, 2.45) is 0 Å². The number of likely N-dealkylation sites (tertiary alicyclic amines) is 1. The lowest BCUT2D eigenvalue weighted by Gasteiger charge is -2.33. The summed E-state index contributed by atoms with van der Waals surface area (Å²) in [5.41, 5.74) is -0.821. The van der Waals surface area contributed by atoms with E-state index >= 15 is 0 Å². The zero-order chi connectivity index (χ0) is 20.1. The van der Waals surface area contributed by atoms with Crippen molar-refractivity contribution in [3.05, 3.63) is 53.3 Å². The van der Waals surface area contributed by atoms with Gasteiger partial charge in [0.05, 0.1) is 12.1 Å². The van der Waals surface area contributed by atoms with Gasteiger partial charge in [0.25, 0.3) is 5.91 Å². The zero-order valence-electron chi connectivity index (χ0n) is 14.8. The summed E-state index contributed by atoms with van der Waals surface area (Å²) < 4.78 is 49.4. The second kappa shape index (κ2) is 8.68. The second-order valence-electron chi connectivity index (χ2n) is 6.34. The van der Waals surface area contributed by atoms with Crippen LogP contribution in [0.1, 0.15) is 18.4 Å². The Morgan fingerprint density at radius 2 is 2.14 bits per heavy atom. The van der Waals surface area contributed by atoms with Crippen LogP contribution in [0, 0.1) is 0 Å². The molecule has 28 heavy (non-hydrogen) atoms. The molecule has 0 spiro atoms. The molecule has 1 aliphatic rings. The number of hydrogen-bond donors (Lipinski definition) is 0. The minimum atomic E-state index is -4.46. The first kappa shape index (κ1) is 20.3. The third-order valence-corrected chi connectivity index (χ3v) is 4.57. The Bertz CT molecular complexity index is 832. The first-order valence-corrected chi connectivity index (χ1v) is 9.05. The summed E-state index contributed by atoms with van der Waals surface area (Å²) in [7, 11) is 0. The Hall–Kier alpha value is -2.48. The molecule has 150 valence electrons. The predicted octanol–water partition coefficient (Wildman–Crippen LogP) is 4.20. The average Bonchev–Trinajstić information content (AvgIpc) is 2.68. The number of nitrogens with zero attached hydrogens (tertiary/aromatic N) is 2. The summed E-state index contributed by atoms with van der Waals surface area (Å²) in [5, 5.41) is 0.388. The van der Waals surface area contributed by atoms with Gasteiger partial charge < -0.3 is 14.4 Å². The minimum absolute atomic E-state index is 0.00319. The van der Waals surface area contributed by atoms with Crippen molar-refractivity contribution in [2.75, 3.05) is 19.7 Å². The molecular weight excluding hydrogens is 397 g/mol. The molecule has 5 nitrogen and oxygen atoms in total. The fourth-order valence-corrected chi connectivity index (χ4v) is 3.06. The summed E-state index contributed by atoms with van der Waals surface area (Å²) >= 11 is 6.04. The van der Waals surface area contributed by atoms with Crippen molar-refractivity contribution in [2.45, 2.75) is 25.1 Å². The number of carbonyl (C=O) groups excluding carboxylic acids is 1. The van der Waals surface area contributed by atoms with Crippen molar-refractivity contribution < 1.29 is 27.4 Å². The molecule has 1 saturated heterocycles. The van der Waals surface area contributed by atoms with Crippen LogP contribution in [0.2, 0.25) is 5.02 Å². The molecule has 1 amide bonds. The standard InChI is InChI=1S/C19H18ClF3N2O3/c20-16-10-24-7-6-17(16)28-15-5-2-8-25(11-15)18(26)12-27-14-4-1-3-13(9-14)19(21,22)23/h1,3-4,6-7,9-10,15H,2,5,8,11-12H2. The highest BCUT2D eigenvalue weighted by Crippen LogP contribution is 2.31. The molecule has 0 saturated carbocycles. The average molecular weight is 415 g/mol. The molecule has 0 aliphatic carbocycles. The molecule has 2 aromatic rings. The number of hydrogen-bond acceptors (Lipinski definition) is 4. The molecule has 1 atom stereocenters. The number of halogens is 4. The lowest BCUT2D eigenvalue weighted by molar-refractivity contribution is -0.137. The molecule has 1 aliphatic heterocycles. The highest BCUT2D eigenvalue weighted by Gasteiger charge is 2.31. The Kier molecular flexibility index (Phi) is 6.28. The largest absolute Gasteiger partial charge is 0.487 e. The minimum Gasteiger partial charge on any atom is -0.487 e. The van der Waals surface area contributed by atoms with Gasteiger partial charge in [0.1, 0.15) is 22.6 Å². The quantitative estimate of drug-likeness (QED) is 0.735. The molecule has 2 heterocycles. The summed E-state index contributed by atoms with van der Waals surface area (Å²) in [6.07, 6.45) is -0.151. The third-order valence-electron chi connectivity index (χ3n) is 4.28. The number of benzene rings is 1. The van der Waals surface area contributed by atoms with Gasteiger partial charge in [-0.15, -0.1) is 0 Å². The van der Waals surface area contributed by atoms with E-state index in [0.29, 0.717) is 23.9 Å². The fraction of sp³-hybridized carbons (Fsp3) is 0.368. The molecule has 0 N–H and O–H groups in total. The van der Waals surface area contributed by atoms with Crippen LogP contribution in [0.3, 0.4) is 0 Å². The van der Waals surface area contributed by atoms with Crippen molar-refractivity contribution >= 4 is 17.5 Å². The van der Waals surface area contributed by atoms with Crippen LogP contribution in [-0.4, -0.2) is 41.6 Å². The molecule has 1 fully saturated rings. The van der Waals surface area contributed by atoms with E-state index in [0.717, 1.165) is 25.0 Å². The Morgan fingerprint density at radius 1 is 1.32 bits per heavy atom. The van der Waals surface area contributed by atoms with Gasteiger partial charge in [0, 0.05) is 25.0 Å². The highest BCUT2D eigenvalue weighted by atomic mass is 35.5. The highest BCUT2D eigenvalue weighted by molar-refractivity contribution is 6.31. The number of alkyl halides is 3. The first-order valence-electron chi connectivity index (χ1n) is 8.67. The molecule has 3 rings (SSSR count). The molecular formula is C19H18ClF3N2O3. The smallest absolute Gasteiger partial charge is 0.416 e. The van der Waals surface area contributed by atoms with E-state index in [9.17, 15) is 18.0 Å². The van der Waals surface area contributed by atoms with Crippen LogP contribution >= 0.6 is 11.6 Å². The van der Waals surface area contributed by atoms with Gasteiger partial charge in [-0.05, 0) is 31.0 Å². The predicted molar refractivity (Wildman–Crippen MR) is 96.4 cm³/mol. The maximum atomic E-state index is 12.7. The van der Waals surface area contributed by atoms with Crippen molar-refractivity contribution in [1.29, 1.82) is 0 Å². The lowest BCUT2D eigenvalue weighted by atomic mass is 10.1. The number of ether oxygens (including phenoxy) is 2. The summed E-state index contributed by atoms with van der Waals surface area (Å²) in [4.78, 5) is 17.9. The number of rotatable bonds is 5. The van der Waals surface area contributed by atoms with Gasteiger partial charge in [0.15, 0.2) is 6.61 Å². The van der Waals surface area contributed by atoms with Gasteiger partial charge in [-0.2, -0.15) is 13.2 Å². The Morgan fingerprint density at radius 3 is 2.89 bits per heavy atom. The monoisotopic (exact) mass is 414 g/mol. The molecule has 9 heteroatoms. The Labute approximate surface area is 165 Å². The van der Waals surface area contributed by atoms with Crippen LogP contribution in [0.15, 0.2) is 42.7 Å². The second-order valence-corrected chi connectivity index (χ2v) is 6.75. The SMILES string of the molecule is O=C(COc1cccc(C(F)(F)F)c1)N1CCCC(Oc2ccncc2Cl)C1. The zero-order valence-corrected chi connectivity index (χ0v) is 15.5. The summed E-state index contributed by atoms with van der Waals surface area (Å²) in [6.45, 7) is 0.544. The van der Waals surface area contributed by atoms with E-state index in [1.165, 1.54) is 18.3 Å². The third kappa shape index (κ3) is 5.28. The van der Waals surface area contributed by atoms with Gasteiger partial charge in [-0.3, -0.25) is 9.78 Å². The number of amides is 1. The van der Waals surface area contributed by atoms with Gasteiger partial charge in [0.2, 0.25) is 0 Å². The topological polar surface area (TPSA) is 51.7 Å². The van der Waals surface area contributed by atoms with Crippen molar-refractivity contribution in [3.63, 3.8) is 0 Å². The molecule has 0 radical (unpaired) electrons. The van der Waals surface area contributed by atoms with Crippen LogP contribution in [0.5, 0.6) is 11.5 Å². The molecule has 1 unspecified atom stereocenters. The van der Waals surface area contributed by atoms with Gasteiger partial charge >= 0.3 is 6.18 Å². The molecule has 1 aromatic heterocycles. The van der Waals surface area contributed by atoms with Crippen LogP contribution in [0.25, 0.3) is 0 Å². The summed E-state index contributed by atoms with van der Waals surface area (Å²) in [5.74, 6) is 0.180. The van der Waals surface area contributed by atoms with E-state index in [4.69, 9.17) is 21.1 Å². The maximum absolute atomic E-state index is 12.7. The van der Waals surface area contributed by atoms with E-state index in [2.05, 4.69) is 4.98 Å². The number of carbonyl (C=O) groups is 1. The Balaban J connectivity index is 1.55. The molecule has 1 aromatic carbocycles. The maximum Gasteiger partial charge on any atom is 0.416 e. The lowest BCUT2D eigenvalue weighted by Crippen LogP contribution is -2.46. The van der Waals surface area contributed by atoms with E-state index in [-0.39, 0.29) is 24.4 Å². The van der Waals surface area contributed by atoms with E-state index in [1.54, 1.807) is 17.2 Å².